The number of halogens is 1. The molecular formula is C18H15ClN4O2S. The maximum absolute atomic E-state index is 12.2. The Morgan fingerprint density at radius 1 is 1.23 bits per heavy atom. The number of pyridine rings is 1. The van der Waals surface area contributed by atoms with Gasteiger partial charge in [0, 0.05) is 23.2 Å². The topological polar surface area (TPSA) is 94.9 Å². The summed E-state index contributed by atoms with van der Waals surface area (Å²) in [5.41, 5.74) is 2.19. The van der Waals surface area contributed by atoms with E-state index in [-0.39, 0.29) is 11.4 Å². The second-order valence-electron chi connectivity index (χ2n) is 5.49. The van der Waals surface area contributed by atoms with E-state index in [1.54, 1.807) is 36.4 Å². The summed E-state index contributed by atoms with van der Waals surface area (Å²) < 4.78 is 26.7. The predicted molar refractivity (Wildman–Crippen MR) is 101 cm³/mol. The van der Waals surface area contributed by atoms with Crippen molar-refractivity contribution in [1.29, 1.82) is 5.26 Å². The molecule has 2 N–H and O–H groups in total. The van der Waals surface area contributed by atoms with Crippen LogP contribution in [0.5, 0.6) is 0 Å². The van der Waals surface area contributed by atoms with E-state index in [1.165, 1.54) is 19.3 Å². The van der Waals surface area contributed by atoms with Gasteiger partial charge < -0.3 is 5.32 Å². The molecule has 0 amide bonds. The Bertz CT molecular complexity index is 1120. The molecule has 0 aliphatic rings. The molecule has 3 rings (SSSR count). The third-order valence-corrected chi connectivity index (χ3v) is 5.69. The molecule has 132 valence electrons. The van der Waals surface area contributed by atoms with Gasteiger partial charge in [-0.05, 0) is 36.9 Å². The molecule has 1 heterocycles. The normalized spacial score (nSPS) is 11.3. The van der Waals surface area contributed by atoms with Gasteiger partial charge in [-0.15, -0.1) is 0 Å². The molecule has 0 spiro atoms. The quantitative estimate of drug-likeness (QED) is 0.701. The molecule has 3 aromatic rings. The van der Waals surface area contributed by atoms with Crippen LogP contribution in [-0.2, 0) is 16.6 Å². The van der Waals surface area contributed by atoms with Crippen molar-refractivity contribution >= 4 is 38.2 Å². The van der Waals surface area contributed by atoms with Crippen LogP contribution >= 0.6 is 11.6 Å². The Labute approximate surface area is 156 Å². The number of rotatable bonds is 5. The summed E-state index contributed by atoms with van der Waals surface area (Å²) in [7, 11) is -2.22. The minimum Gasteiger partial charge on any atom is -0.379 e. The predicted octanol–water partition coefficient (Wildman–Crippen LogP) is 3.28. The molecule has 0 saturated heterocycles. The minimum atomic E-state index is -3.59. The second kappa shape index (κ2) is 7.30. The third-order valence-electron chi connectivity index (χ3n) is 3.94. The highest BCUT2D eigenvalue weighted by Gasteiger charge is 2.16. The molecule has 0 aliphatic heterocycles. The number of benzene rings is 2. The lowest BCUT2D eigenvalue weighted by atomic mass is 10.1. The van der Waals surface area contributed by atoms with E-state index in [2.05, 4.69) is 21.1 Å². The average Bonchev–Trinajstić information content (AvgIpc) is 2.66. The number of hydrogen-bond donors (Lipinski definition) is 2. The number of nitriles is 1. The summed E-state index contributed by atoms with van der Waals surface area (Å²) in [6.07, 6.45) is 1.48. The molecule has 1 aromatic heterocycles. The molecule has 0 fully saturated rings. The van der Waals surface area contributed by atoms with Crippen molar-refractivity contribution in [2.75, 3.05) is 12.4 Å². The maximum atomic E-state index is 12.2. The number of aromatic nitrogens is 1. The fourth-order valence-corrected chi connectivity index (χ4v) is 3.78. The van der Waals surface area contributed by atoms with E-state index < -0.39 is 10.0 Å². The summed E-state index contributed by atoms with van der Waals surface area (Å²) in [6, 6.07) is 14.0. The highest BCUT2D eigenvalue weighted by atomic mass is 35.5. The van der Waals surface area contributed by atoms with Crippen LogP contribution in [0.1, 0.15) is 11.1 Å². The molecule has 0 saturated carbocycles. The molecule has 8 heteroatoms. The van der Waals surface area contributed by atoms with Gasteiger partial charge in [-0.1, -0.05) is 29.8 Å². The number of hydrogen-bond acceptors (Lipinski definition) is 5. The lowest BCUT2D eigenvalue weighted by Crippen LogP contribution is -2.20. The van der Waals surface area contributed by atoms with Crippen LogP contribution in [0.25, 0.3) is 10.9 Å². The standard InChI is InChI=1S/C18H15ClN4O2S/c1-21-26(24,25)17-5-3-2-4-12(17)10-23-18-13(9-20)11-22-16-7-6-14(19)8-15(16)18/h2-8,11,21H,10H2,1H3,(H,22,23). The molecule has 2 aromatic carbocycles. The fourth-order valence-electron chi connectivity index (χ4n) is 2.65. The van der Waals surface area contributed by atoms with Crippen LogP contribution in [0, 0.1) is 11.3 Å². The first-order valence-corrected chi connectivity index (χ1v) is 9.56. The maximum Gasteiger partial charge on any atom is 0.240 e. The smallest absolute Gasteiger partial charge is 0.240 e. The molecule has 0 aliphatic carbocycles. The highest BCUT2D eigenvalue weighted by Crippen LogP contribution is 2.29. The number of anilines is 1. The monoisotopic (exact) mass is 386 g/mol. The van der Waals surface area contributed by atoms with Gasteiger partial charge in [0.2, 0.25) is 10.0 Å². The van der Waals surface area contributed by atoms with Crippen LogP contribution in [0.4, 0.5) is 5.69 Å². The first kappa shape index (κ1) is 18.1. The summed E-state index contributed by atoms with van der Waals surface area (Å²) >= 11 is 6.08. The van der Waals surface area contributed by atoms with Crippen molar-refractivity contribution in [3.05, 3.63) is 64.8 Å². The zero-order chi connectivity index (χ0) is 18.7. The van der Waals surface area contributed by atoms with Gasteiger partial charge in [0.1, 0.15) is 6.07 Å². The van der Waals surface area contributed by atoms with E-state index in [9.17, 15) is 13.7 Å². The van der Waals surface area contributed by atoms with Gasteiger partial charge in [0.15, 0.2) is 0 Å². The Morgan fingerprint density at radius 3 is 2.73 bits per heavy atom. The van der Waals surface area contributed by atoms with Crippen LogP contribution in [0.3, 0.4) is 0 Å². The third kappa shape index (κ3) is 3.48. The SMILES string of the molecule is CNS(=O)(=O)c1ccccc1CNc1c(C#N)cnc2ccc(Cl)cc12. The fraction of sp³-hybridized carbons (Fsp3) is 0.111. The first-order valence-electron chi connectivity index (χ1n) is 7.70. The van der Waals surface area contributed by atoms with E-state index in [1.807, 2.05) is 0 Å². The molecule has 0 unspecified atom stereocenters. The molecular weight excluding hydrogens is 372 g/mol. The van der Waals surface area contributed by atoms with Gasteiger partial charge in [-0.3, -0.25) is 4.98 Å². The van der Waals surface area contributed by atoms with Gasteiger partial charge in [-0.25, -0.2) is 13.1 Å². The highest BCUT2D eigenvalue weighted by molar-refractivity contribution is 7.89. The summed E-state index contributed by atoms with van der Waals surface area (Å²) in [6.45, 7) is 0.220. The van der Waals surface area contributed by atoms with Crippen molar-refractivity contribution in [2.24, 2.45) is 0 Å². The van der Waals surface area contributed by atoms with Crippen LogP contribution in [0.15, 0.2) is 53.6 Å². The van der Waals surface area contributed by atoms with Crippen molar-refractivity contribution < 1.29 is 8.42 Å². The zero-order valence-electron chi connectivity index (χ0n) is 13.8. The largest absolute Gasteiger partial charge is 0.379 e. The van der Waals surface area contributed by atoms with E-state index >= 15 is 0 Å². The molecule has 0 atom stereocenters. The Hall–Kier alpha value is -2.66. The van der Waals surface area contributed by atoms with E-state index in [0.717, 1.165) is 0 Å². The zero-order valence-corrected chi connectivity index (χ0v) is 15.4. The Morgan fingerprint density at radius 2 is 2.00 bits per heavy atom. The number of sulfonamides is 1. The second-order valence-corrected chi connectivity index (χ2v) is 7.78. The summed E-state index contributed by atoms with van der Waals surface area (Å²) in [4.78, 5) is 4.44. The van der Waals surface area contributed by atoms with Crippen molar-refractivity contribution in [3.63, 3.8) is 0 Å². The van der Waals surface area contributed by atoms with Crippen molar-refractivity contribution in [2.45, 2.75) is 11.4 Å². The number of nitrogens with one attached hydrogen (secondary N) is 2. The molecule has 0 radical (unpaired) electrons. The van der Waals surface area contributed by atoms with Crippen molar-refractivity contribution in [3.8, 4) is 6.07 Å². The van der Waals surface area contributed by atoms with E-state index in [4.69, 9.17) is 11.6 Å². The minimum absolute atomic E-state index is 0.185. The Balaban J connectivity index is 2.04. The van der Waals surface area contributed by atoms with Gasteiger partial charge >= 0.3 is 0 Å². The number of nitrogens with zero attached hydrogens (tertiary/aromatic N) is 2. The number of fused-ring (bicyclic) bond motifs is 1. The molecule has 6 nitrogen and oxygen atoms in total. The van der Waals surface area contributed by atoms with Crippen LogP contribution in [-0.4, -0.2) is 20.4 Å². The average molecular weight is 387 g/mol. The molecule has 26 heavy (non-hydrogen) atoms. The summed E-state index contributed by atoms with van der Waals surface area (Å²) in [5, 5.41) is 13.8. The Kier molecular flexibility index (Phi) is 5.09. The first-order chi connectivity index (χ1) is 12.5. The lowest BCUT2D eigenvalue weighted by Gasteiger charge is -2.14. The summed E-state index contributed by atoms with van der Waals surface area (Å²) in [5.74, 6) is 0. The van der Waals surface area contributed by atoms with Crippen LogP contribution in [0.2, 0.25) is 5.02 Å². The van der Waals surface area contributed by atoms with Gasteiger partial charge in [0.25, 0.3) is 0 Å². The van der Waals surface area contributed by atoms with Crippen LogP contribution < -0.4 is 10.0 Å². The lowest BCUT2D eigenvalue weighted by molar-refractivity contribution is 0.587. The molecule has 0 bridgehead atoms. The van der Waals surface area contributed by atoms with E-state index in [0.29, 0.717) is 32.7 Å². The van der Waals surface area contributed by atoms with Crippen molar-refractivity contribution in [1.82, 2.24) is 9.71 Å². The van der Waals surface area contributed by atoms with Gasteiger partial charge in [-0.2, -0.15) is 5.26 Å². The van der Waals surface area contributed by atoms with Gasteiger partial charge in [0.05, 0.1) is 21.7 Å².